The monoisotopic (exact) mass is 485 g/mol. The molecule has 14 heteroatoms. The molecule has 0 saturated carbocycles. The maximum Gasteiger partial charge on any atom is 0.433 e. The molecule has 2 N–H and O–H groups in total. The number of amides is 2. The zero-order valence-corrected chi connectivity index (χ0v) is 17.0. The first-order chi connectivity index (χ1) is 15.9. The molecule has 0 bridgehead atoms. The highest BCUT2D eigenvalue weighted by atomic mass is 19.4. The summed E-state index contributed by atoms with van der Waals surface area (Å²) in [7, 11) is 1.08. The van der Waals surface area contributed by atoms with Gasteiger partial charge in [0, 0.05) is 24.5 Å². The number of pyridine rings is 1. The van der Waals surface area contributed by atoms with Crippen molar-refractivity contribution in [3.63, 3.8) is 0 Å². The van der Waals surface area contributed by atoms with Crippen LogP contribution in [0.2, 0.25) is 0 Å². The van der Waals surface area contributed by atoms with Crippen molar-refractivity contribution in [2.45, 2.75) is 12.4 Å². The Morgan fingerprint density at radius 1 is 1.15 bits per heavy atom. The summed E-state index contributed by atoms with van der Waals surface area (Å²) >= 11 is 0. The first kappa shape index (κ1) is 23.1. The van der Waals surface area contributed by atoms with Gasteiger partial charge in [0.25, 0.3) is 11.8 Å². The molecule has 178 valence electrons. The topological polar surface area (TPSA) is 98.1 Å². The smallest absolute Gasteiger partial charge is 0.433 e. The Labute approximate surface area is 186 Å². The predicted molar refractivity (Wildman–Crippen MR) is 105 cm³/mol. The van der Waals surface area contributed by atoms with E-state index in [0.29, 0.717) is 10.7 Å². The van der Waals surface area contributed by atoms with Crippen LogP contribution in [-0.2, 0) is 24.2 Å². The van der Waals surface area contributed by atoms with Crippen LogP contribution in [0.1, 0.15) is 21.7 Å². The number of aryl methyl sites for hydroxylation is 1. The lowest BCUT2D eigenvalue weighted by Crippen LogP contribution is -2.25. The van der Waals surface area contributed by atoms with Crippen molar-refractivity contribution in [1.82, 2.24) is 14.8 Å². The minimum Gasteiger partial charge on any atom is -0.481 e. The van der Waals surface area contributed by atoms with Crippen molar-refractivity contribution < 1.29 is 40.7 Å². The molecule has 34 heavy (non-hydrogen) atoms. The third-order valence-corrected chi connectivity index (χ3v) is 4.75. The number of rotatable bonds is 3. The molecule has 0 atom stereocenters. The van der Waals surface area contributed by atoms with Crippen molar-refractivity contribution in [2.24, 2.45) is 7.05 Å². The first-order valence-electron chi connectivity index (χ1n) is 9.41. The molecule has 0 radical (unpaired) electrons. The Bertz CT molecular complexity index is 1300. The van der Waals surface area contributed by atoms with Crippen molar-refractivity contribution in [3.05, 3.63) is 53.5 Å². The lowest BCUT2D eigenvalue weighted by atomic mass is 10.0. The van der Waals surface area contributed by atoms with Gasteiger partial charge in [-0.3, -0.25) is 19.3 Å². The maximum atomic E-state index is 14.1. The van der Waals surface area contributed by atoms with E-state index in [4.69, 9.17) is 4.74 Å². The largest absolute Gasteiger partial charge is 0.481 e. The first-order valence-corrected chi connectivity index (χ1v) is 9.41. The molecular formula is C20H13F6N5O3. The third kappa shape index (κ3) is 4.25. The van der Waals surface area contributed by atoms with E-state index < -0.39 is 59.1 Å². The lowest BCUT2D eigenvalue weighted by Gasteiger charge is -2.20. The summed E-state index contributed by atoms with van der Waals surface area (Å²) in [6.07, 6.45) is -9.13. The summed E-state index contributed by atoms with van der Waals surface area (Å²) in [5, 5.41) is 8.34. The van der Waals surface area contributed by atoms with Gasteiger partial charge in [0.1, 0.15) is 22.6 Å². The lowest BCUT2D eigenvalue weighted by molar-refractivity contribution is -0.141. The number of ether oxygens (including phenoxy) is 1. The number of carbonyl (C=O) groups excluding carboxylic acids is 2. The summed E-state index contributed by atoms with van der Waals surface area (Å²) in [6.45, 7) is -0.435. The van der Waals surface area contributed by atoms with E-state index in [0.717, 1.165) is 19.3 Å². The number of benzene rings is 1. The fourth-order valence-electron chi connectivity index (χ4n) is 3.40. The summed E-state index contributed by atoms with van der Waals surface area (Å²) < 4.78 is 87.0. The summed E-state index contributed by atoms with van der Waals surface area (Å²) in [4.78, 5) is 27.5. The second-order valence-corrected chi connectivity index (χ2v) is 7.09. The number of aromatic nitrogens is 3. The van der Waals surface area contributed by atoms with Crippen LogP contribution in [0, 0.1) is 0 Å². The number of anilines is 2. The highest BCUT2D eigenvalue weighted by Gasteiger charge is 2.43. The van der Waals surface area contributed by atoms with Gasteiger partial charge in [-0.15, -0.1) is 0 Å². The van der Waals surface area contributed by atoms with Crippen LogP contribution >= 0.6 is 0 Å². The number of hydrogen-bond acceptors (Lipinski definition) is 5. The molecule has 1 aromatic carbocycles. The van der Waals surface area contributed by atoms with Gasteiger partial charge in [-0.25, -0.2) is 0 Å². The van der Waals surface area contributed by atoms with Crippen molar-refractivity contribution in [1.29, 1.82) is 0 Å². The second-order valence-electron chi connectivity index (χ2n) is 7.09. The van der Waals surface area contributed by atoms with Gasteiger partial charge >= 0.3 is 12.4 Å². The summed E-state index contributed by atoms with van der Waals surface area (Å²) in [5.74, 6) is -1.91. The molecule has 3 aromatic rings. The van der Waals surface area contributed by atoms with E-state index in [1.54, 1.807) is 0 Å². The maximum absolute atomic E-state index is 14.1. The van der Waals surface area contributed by atoms with Crippen LogP contribution in [0.25, 0.3) is 11.3 Å². The molecule has 1 aliphatic heterocycles. The Hall–Kier alpha value is -4.10. The summed E-state index contributed by atoms with van der Waals surface area (Å²) in [6, 6.07) is 5.55. The van der Waals surface area contributed by atoms with Gasteiger partial charge in [0.2, 0.25) is 0 Å². The van der Waals surface area contributed by atoms with Crippen LogP contribution in [0.5, 0.6) is 5.75 Å². The molecular weight excluding hydrogens is 472 g/mol. The molecule has 0 aliphatic carbocycles. The number of carbonyl (C=O) groups is 2. The number of alkyl halides is 6. The number of halogens is 6. The fourth-order valence-corrected chi connectivity index (χ4v) is 3.40. The minimum absolute atomic E-state index is 0.0680. The average molecular weight is 485 g/mol. The van der Waals surface area contributed by atoms with Crippen molar-refractivity contribution >= 4 is 23.2 Å². The van der Waals surface area contributed by atoms with E-state index in [9.17, 15) is 35.9 Å². The van der Waals surface area contributed by atoms with Crippen LogP contribution in [0.3, 0.4) is 0 Å². The molecule has 0 fully saturated rings. The highest BCUT2D eigenvalue weighted by molar-refractivity contribution is 6.06. The average Bonchev–Trinajstić information content (AvgIpc) is 3.10. The van der Waals surface area contributed by atoms with Gasteiger partial charge in [0.15, 0.2) is 12.4 Å². The quantitative estimate of drug-likeness (QED) is 0.545. The van der Waals surface area contributed by atoms with Crippen molar-refractivity contribution in [2.75, 3.05) is 17.2 Å². The van der Waals surface area contributed by atoms with E-state index >= 15 is 0 Å². The Kier molecular flexibility index (Phi) is 5.45. The highest BCUT2D eigenvalue weighted by Crippen LogP contribution is 2.44. The fraction of sp³-hybridized carbons (Fsp3) is 0.200. The standard InChI is InChI=1S/C20H13F6N5O3/c1-31-16(18(33)28-9-5-6-27-12(7-9)19(21,22)23)14(20(24,25)26)15(30-31)10-3-2-4-11-17(10)34-8-13(32)29-11/h2-7H,8H2,1H3,(H,29,32)(H,27,28,33). The SMILES string of the molecule is Cn1nc(-c2cccc3c2OCC(=O)N3)c(C(F)(F)F)c1C(=O)Nc1ccnc(C(F)(F)F)c1. The predicted octanol–water partition coefficient (Wildman–Crippen LogP) is 4.10. The summed E-state index contributed by atoms with van der Waals surface area (Å²) in [5.41, 5.74) is -4.78. The van der Waals surface area contributed by atoms with Crippen LogP contribution in [-0.4, -0.2) is 33.2 Å². The van der Waals surface area contributed by atoms with Crippen LogP contribution in [0.4, 0.5) is 37.7 Å². The van der Waals surface area contributed by atoms with Crippen LogP contribution in [0.15, 0.2) is 36.5 Å². The van der Waals surface area contributed by atoms with Gasteiger partial charge < -0.3 is 15.4 Å². The number of hydrogen-bond donors (Lipinski definition) is 2. The molecule has 2 aromatic heterocycles. The minimum atomic E-state index is -5.08. The third-order valence-electron chi connectivity index (χ3n) is 4.75. The molecule has 0 saturated heterocycles. The molecule has 0 spiro atoms. The molecule has 1 aliphatic rings. The molecule has 2 amide bonds. The second kappa shape index (κ2) is 8.04. The number of para-hydroxylation sites is 1. The Morgan fingerprint density at radius 3 is 2.56 bits per heavy atom. The van der Waals surface area contributed by atoms with Crippen LogP contribution < -0.4 is 15.4 Å². The Balaban J connectivity index is 1.80. The van der Waals surface area contributed by atoms with E-state index in [1.807, 2.05) is 5.32 Å². The van der Waals surface area contributed by atoms with E-state index in [-0.39, 0.29) is 17.0 Å². The Morgan fingerprint density at radius 2 is 1.88 bits per heavy atom. The van der Waals surface area contributed by atoms with Gasteiger partial charge in [-0.2, -0.15) is 31.4 Å². The molecule has 0 unspecified atom stereocenters. The van der Waals surface area contributed by atoms with Gasteiger partial charge in [0.05, 0.1) is 5.69 Å². The van der Waals surface area contributed by atoms with Gasteiger partial charge in [-0.05, 0) is 24.3 Å². The molecule has 8 nitrogen and oxygen atoms in total. The number of fused-ring (bicyclic) bond motifs is 1. The van der Waals surface area contributed by atoms with E-state index in [2.05, 4.69) is 15.4 Å². The number of nitrogens with zero attached hydrogens (tertiary/aromatic N) is 3. The van der Waals surface area contributed by atoms with E-state index in [1.165, 1.54) is 18.2 Å². The molecule has 4 rings (SSSR count). The van der Waals surface area contributed by atoms with Crippen molar-refractivity contribution in [3.8, 4) is 17.0 Å². The zero-order chi connectivity index (χ0) is 24.8. The zero-order valence-electron chi connectivity index (χ0n) is 17.0. The molecule has 3 heterocycles. The van der Waals surface area contributed by atoms with Gasteiger partial charge in [-0.1, -0.05) is 6.07 Å². The number of nitrogens with one attached hydrogen (secondary N) is 2. The normalized spacial score (nSPS) is 13.7.